The zero-order valence-corrected chi connectivity index (χ0v) is 13.7. The van der Waals surface area contributed by atoms with Crippen molar-refractivity contribution in [2.45, 2.75) is 47.2 Å². The monoisotopic (exact) mass is 283 g/mol. The van der Waals surface area contributed by atoms with Gasteiger partial charge in [-0.15, -0.1) is 0 Å². The molecule has 1 N–H and O–H groups in total. The molecule has 112 valence electrons. The Balaban J connectivity index is 2.20. The van der Waals surface area contributed by atoms with Gasteiger partial charge in [0.15, 0.2) is 0 Å². The van der Waals surface area contributed by atoms with Crippen molar-refractivity contribution in [1.82, 2.24) is 5.32 Å². The van der Waals surface area contributed by atoms with Crippen molar-refractivity contribution in [1.29, 1.82) is 0 Å². The molecule has 0 aliphatic carbocycles. The zero-order chi connectivity index (χ0) is 15.4. The van der Waals surface area contributed by atoms with Crippen molar-refractivity contribution in [2.75, 3.05) is 0 Å². The Morgan fingerprint density at radius 2 is 1.62 bits per heavy atom. The third-order valence-electron chi connectivity index (χ3n) is 3.39. The maximum Gasteiger partial charge on any atom is 0.130 e. The third kappa shape index (κ3) is 4.61. The highest BCUT2D eigenvalue weighted by Gasteiger charge is 2.05. The molecule has 2 rings (SSSR count). The molecule has 0 saturated carbocycles. The van der Waals surface area contributed by atoms with Gasteiger partial charge in [0.25, 0.3) is 0 Å². The second-order valence-corrected chi connectivity index (χ2v) is 6.06. The fraction of sp³-hybridized carbons (Fsp3) is 0.368. The van der Waals surface area contributed by atoms with Crippen LogP contribution in [0.25, 0.3) is 0 Å². The summed E-state index contributed by atoms with van der Waals surface area (Å²) in [5, 5.41) is 3.43. The lowest BCUT2D eigenvalue weighted by Crippen LogP contribution is -2.21. The van der Waals surface area contributed by atoms with Crippen LogP contribution in [0.5, 0.6) is 11.5 Å². The van der Waals surface area contributed by atoms with Gasteiger partial charge in [-0.2, -0.15) is 0 Å². The van der Waals surface area contributed by atoms with Crippen LogP contribution < -0.4 is 10.1 Å². The average molecular weight is 283 g/mol. The lowest BCUT2D eigenvalue weighted by Gasteiger charge is -2.13. The number of aryl methyl sites for hydroxylation is 3. The van der Waals surface area contributed by atoms with E-state index < -0.39 is 0 Å². The highest BCUT2D eigenvalue weighted by atomic mass is 16.5. The number of hydrogen-bond acceptors (Lipinski definition) is 2. The maximum atomic E-state index is 6.09. The van der Waals surface area contributed by atoms with Crippen molar-refractivity contribution in [3.8, 4) is 11.5 Å². The van der Waals surface area contributed by atoms with Crippen molar-refractivity contribution >= 4 is 0 Å². The Labute approximate surface area is 128 Å². The van der Waals surface area contributed by atoms with Gasteiger partial charge in [-0.3, -0.25) is 0 Å². The average Bonchev–Trinajstić information content (AvgIpc) is 2.38. The second-order valence-electron chi connectivity index (χ2n) is 6.06. The molecular formula is C19H25NO. The molecule has 0 aliphatic heterocycles. The first-order valence-corrected chi connectivity index (χ1v) is 7.53. The number of rotatable bonds is 5. The van der Waals surface area contributed by atoms with E-state index in [0.717, 1.165) is 23.6 Å². The fourth-order valence-corrected chi connectivity index (χ4v) is 2.31. The van der Waals surface area contributed by atoms with Gasteiger partial charge in [0.1, 0.15) is 11.5 Å². The fourth-order valence-electron chi connectivity index (χ4n) is 2.31. The molecule has 0 spiro atoms. The lowest BCUT2D eigenvalue weighted by atomic mass is 10.1. The summed E-state index contributed by atoms with van der Waals surface area (Å²) in [6, 6.07) is 13.2. The minimum atomic E-state index is 0.482. The van der Waals surface area contributed by atoms with E-state index in [1.807, 2.05) is 0 Å². The Hall–Kier alpha value is -1.80. The third-order valence-corrected chi connectivity index (χ3v) is 3.39. The topological polar surface area (TPSA) is 21.3 Å². The van der Waals surface area contributed by atoms with Crippen molar-refractivity contribution in [3.05, 3.63) is 58.7 Å². The van der Waals surface area contributed by atoms with Crippen LogP contribution in [0.2, 0.25) is 0 Å². The van der Waals surface area contributed by atoms with Crippen LogP contribution in [0, 0.1) is 20.8 Å². The van der Waals surface area contributed by atoms with Crippen LogP contribution in [-0.4, -0.2) is 6.04 Å². The van der Waals surface area contributed by atoms with E-state index >= 15 is 0 Å². The first-order chi connectivity index (χ1) is 9.94. The quantitative estimate of drug-likeness (QED) is 0.842. The molecule has 2 aromatic rings. The molecule has 0 aliphatic rings. The molecule has 0 bridgehead atoms. The van der Waals surface area contributed by atoms with Gasteiger partial charge < -0.3 is 10.1 Å². The van der Waals surface area contributed by atoms with E-state index in [1.165, 1.54) is 16.7 Å². The van der Waals surface area contributed by atoms with Crippen LogP contribution in [-0.2, 0) is 6.54 Å². The summed E-state index contributed by atoms with van der Waals surface area (Å²) in [5.41, 5.74) is 4.84. The Bertz CT molecular complexity index is 597. The minimum Gasteiger partial charge on any atom is -0.457 e. The number of nitrogens with one attached hydrogen (secondary N) is 1. The predicted molar refractivity (Wildman–Crippen MR) is 89.1 cm³/mol. The van der Waals surface area contributed by atoms with E-state index in [0.29, 0.717) is 6.04 Å². The first kappa shape index (κ1) is 15.6. The van der Waals surface area contributed by atoms with E-state index in [9.17, 15) is 0 Å². The molecule has 2 aromatic carbocycles. The van der Waals surface area contributed by atoms with Crippen molar-refractivity contribution < 1.29 is 4.74 Å². The van der Waals surface area contributed by atoms with Gasteiger partial charge in [0, 0.05) is 12.6 Å². The molecule has 0 atom stereocenters. The van der Waals surface area contributed by atoms with Gasteiger partial charge in [-0.1, -0.05) is 32.0 Å². The normalized spacial score (nSPS) is 11.0. The van der Waals surface area contributed by atoms with E-state index in [4.69, 9.17) is 4.74 Å². The largest absolute Gasteiger partial charge is 0.457 e. The molecule has 21 heavy (non-hydrogen) atoms. The van der Waals surface area contributed by atoms with Crippen LogP contribution >= 0.6 is 0 Å². The summed E-state index contributed by atoms with van der Waals surface area (Å²) in [7, 11) is 0. The maximum absolute atomic E-state index is 6.09. The molecule has 2 nitrogen and oxygen atoms in total. The standard InChI is InChI=1S/C19H25NO/c1-13(2)20-12-17-7-6-16(5)19(11-17)21-18-9-14(3)8-15(4)10-18/h6-11,13,20H,12H2,1-5H3. The summed E-state index contributed by atoms with van der Waals surface area (Å²) in [6.45, 7) is 11.4. The van der Waals surface area contributed by atoms with E-state index in [-0.39, 0.29) is 0 Å². The minimum absolute atomic E-state index is 0.482. The Morgan fingerprint density at radius 3 is 2.24 bits per heavy atom. The van der Waals surface area contributed by atoms with Crippen molar-refractivity contribution in [3.63, 3.8) is 0 Å². The zero-order valence-electron chi connectivity index (χ0n) is 13.7. The van der Waals surface area contributed by atoms with Gasteiger partial charge in [0.05, 0.1) is 0 Å². The number of hydrogen-bond donors (Lipinski definition) is 1. The van der Waals surface area contributed by atoms with E-state index in [2.05, 4.69) is 76.3 Å². The molecule has 2 heteroatoms. The molecule has 0 amide bonds. The smallest absolute Gasteiger partial charge is 0.130 e. The Morgan fingerprint density at radius 1 is 0.952 bits per heavy atom. The summed E-state index contributed by atoms with van der Waals surface area (Å²) in [6.07, 6.45) is 0. The molecule has 0 heterocycles. The summed E-state index contributed by atoms with van der Waals surface area (Å²) >= 11 is 0. The molecule has 0 radical (unpaired) electrons. The van der Waals surface area contributed by atoms with Crippen LogP contribution in [0.1, 0.15) is 36.1 Å². The summed E-state index contributed by atoms with van der Waals surface area (Å²) < 4.78 is 6.09. The Kier molecular flexibility index (Phi) is 5.03. The molecular weight excluding hydrogens is 258 g/mol. The number of ether oxygens (including phenoxy) is 1. The van der Waals surface area contributed by atoms with Gasteiger partial charge in [-0.05, 0) is 61.2 Å². The summed E-state index contributed by atoms with van der Waals surface area (Å²) in [5.74, 6) is 1.84. The second kappa shape index (κ2) is 6.77. The van der Waals surface area contributed by atoms with Gasteiger partial charge in [0.2, 0.25) is 0 Å². The molecule has 0 saturated heterocycles. The van der Waals surface area contributed by atoms with Crippen LogP contribution in [0.4, 0.5) is 0 Å². The lowest BCUT2D eigenvalue weighted by molar-refractivity contribution is 0.476. The van der Waals surface area contributed by atoms with Gasteiger partial charge in [-0.25, -0.2) is 0 Å². The highest BCUT2D eigenvalue weighted by Crippen LogP contribution is 2.27. The van der Waals surface area contributed by atoms with Crippen molar-refractivity contribution in [2.24, 2.45) is 0 Å². The van der Waals surface area contributed by atoms with Crippen LogP contribution in [0.15, 0.2) is 36.4 Å². The molecule has 0 fully saturated rings. The SMILES string of the molecule is Cc1cc(C)cc(Oc2cc(CNC(C)C)ccc2C)c1. The van der Waals surface area contributed by atoms with Crippen LogP contribution in [0.3, 0.4) is 0 Å². The predicted octanol–water partition coefficient (Wildman–Crippen LogP) is 4.90. The summed E-state index contributed by atoms with van der Waals surface area (Å²) in [4.78, 5) is 0. The van der Waals surface area contributed by atoms with E-state index in [1.54, 1.807) is 0 Å². The van der Waals surface area contributed by atoms with Gasteiger partial charge >= 0.3 is 0 Å². The highest BCUT2D eigenvalue weighted by molar-refractivity contribution is 5.42. The molecule has 0 aromatic heterocycles. The number of benzene rings is 2. The first-order valence-electron chi connectivity index (χ1n) is 7.53. The molecule has 0 unspecified atom stereocenters.